The van der Waals surface area contributed by atoms with E-state index in [4.69, 9.17) is 16.7 Å². The smallest absolute Gasteiger partial charge is 0.308 e. The number of hydrogen-bond acceptors (Lipinski definition) is 2. The summed E-state index contributed by atoms with van der Waals surface area (Å²) in [6.45, 7) is 3.32. The van der Waals surface area contributed by atoms with E-state index < -0.39 is 23.3 Å². The van der Waals surface area contributed by atoms with Gasteiger partial charge in [0, 0.05) is 11.1 Å². The zero-order valence-corrected chi connectivity index (χ0v) is 13.0. The molecule has 1 amide bonds. The molecule has 2 rings (SSSR count). The van der Waals surface area contributed by atoms with E-state index in [9.17, 15) is 9.59 Å². The number of carboxylic acid groups (broad SMARTS) is 1. The summed E-state index contributed by atoms with van der Waals surface area (Å²) in [5.41, 5.74) is 0.544. The Labute approximate surface area is 129 Å². The van der Waals surface area contributed by atoms with Gasteiger partial charge in [0.25, 0.3) is 0 Å². The predicted molar refractivity (Wildman–Crippen MR) is 81.2 cm³/mol. The van der Waals surface area contributed by atoms with Crippen LogP contribution in [-0.4, -0.2) is 23.0 Å². The molecule has 1 fully saturated rings. The van der Waals surface area contributed by atoms with E-state index in [1.807, 2.05) is 24.3 Å². The van der Waals surface area contributed by atoms with Crippen molar-refractivity contribution < 1.29 is 14.7 Å². The van der Waals surface area contributed by atoms with E-state index in [1.165, 1.54) is 0 Å². The first kappa shape index (κ1) is 15.8. The maximum Gasteiger partial charge on any atom is 0.308 e. The van der Waals surface area contributed by atoms with Gasteiger partial charge in [-0.3, -0.25) is 9.59 Å². The molecule has 2 N–H and O–H groups in total. The molecule has 21 heavy (non-hydrogen) atoms. The van der Waals surface area contributed by atoms with Crippen LogP contribution in [0.25, 0.3) is 0 Å². The van der Waals surface area contributed by atoms with Gasteiger partial charge in [-0.2, -0.15) is 0 Å². The average Bonchev–Trinajstić information content (AvgIpc) is 3.21. The van der Waals surface area contributed by atoms with Gasteiger partial charge < -0.3 is 10.4 Å². The predicted octanol–water partition coefficient (Wildman–Crippen LogP) is 2.89. The van der Waals surface area contributed by atoms with Crippen molar-refractivity contribution in [2.45, 2.75) is 39.2 Å². The number of carboxylic acids is 1. The summed E-state index contributed by atoms with van der Waals surface area (Å²) in [4.78, 5) is 23.4. The van der Waals surface area contributed by atoms with E-state index in [1.54, 1.807) is 13.8 Å². The Balaban J connectivity index is 2.02. The van der Waals surface area contributed by atoms with Crippen molar-refractivity contribution in [3.8, 4) is 0 Å². The second-order valence-electron chi connectivity index (χ2n) is 5.94. The lowest BCUT2D eigenvalue weighted by molar-refractivity contribution is -0.142. The molecule has 0 saturated heterocycles. The number of halogens is 1. The molecule has 1 aromatic carbocycles. The summed E-state index contributed by atoms with van der Waals surface area (Å²) in [7, 11) is 0. The van der Waals surface area contributed by atoms with E-state index in [-0.39, 0.29) is 5.91 Å². The Kier molecular flexibility index (Phi) is 4.57. The minimum absolute atomic E-state index is 0.0666. The second kappa shape index (κ2) is 6.06. The summed E-state index contributed by atoms with van der Waals surface area (Å²) in [6, 6.07) is 7.13. The van der Waals surface area contributed by atoms with Crippen molar-refractivity contribution in [3.63, 3.8) is 0 Å². The third kappa shape index (κ3) is 3.56. The number of aliphatic carboxylic acids is 1. The van der Waals surface area contributed by atoms with Gasteiger partial charge >= 0.3 is 5.97 Å². The highest BCUT2D eigenvalue weighted by Gasteiger charge is 2.50. The van der Waals surface area contributed by atoms with Crippen LogP contribution in [0.15, 0.2) is 24.3 Å². The Morgan fingerprint density at radius 2 is 1.95 bits per heavy atom. The van der Waals surface area contributed by atoms with E-state index in [2.05, 4.69) is 5.32 Å². The summed E-state index contributed by atoms with van der Waals surface area (Å²) in [6.07, 6.45) is 2.24. The van der Waals surface area contributed by atoms with Gasteiger partial charge in [0.05, 0.1) is 11.3 Å². The van der Waals surface area contributed by atoms with Crippen LogP contribution in [-0.2, 0) is 16.0 Å². The molecule has 2 unspecified atom stereocenters. The Bertz CT molecular complexity index is 554. The molecule has 0 radical (unpaired) electrons. The second-order valence-corrected chi connectivity index (χ2v) is 6.34. The van der Waals surface area contributed by atoms with Crippen LogP contribution in [0.5, 0.6) is 0 Å². The Hall–Kier alpha value is -1.55. The van der Waals surface area contributed by atoms with Crippen LogP contribution >= 0.6 is 11.6 Å². The van der Waals surface area contributed by atoms with E-state index >= 15 is 0 Å². The van der Waals surface area contributed by atoms with Crippen molar-refractivity contribution in [1.29, 1.82) is 0 Å². The number of carbonyl (C=O) groups excluding carboxylic acids is 1. The van der Waals surface area contributed by atoms with Crippen LogP contribution in [0, 0.1) is 11.3 Å². The van der Waals surface area contributed by atoms with Gasteiger partial charge in [0.1, 0.15) is 0 Å². The van der Waals surface area contributed by atoms with Crippen LogP contribution in [0.4, 0.5) is 0 Å². The number of nitrogens with one attached hydrogen (secondary N) is 1. The molecule has 0 aromatic heterocycles. The quantitative estimate of drug-likeness (QED) is 0.849. The molecule has 1 aliphatic rings. The van der Waals surface area contributed by atoms with Crippen molar-refractivity contribution in [3.05, 3.63) is 34.9 Å². The number of amides is 1. The van der Waals surface area contributed by atoms with Crippen LogP contribution < -0.4 is 5.32 Å². The van der Waals surface area contributed by atoms with E-state index in [0.717, 1.165) is 18.4 Å². The molecule has 1 aromatic rings. The summed E-state index contributed by atoms with van der Waals surface area (Å²) in [5, 5.41) is 12.5. The molecular formula is C16H20ClNO3. The van der Waals surface area contributed by atoms with Gasteiger partial charge in [-0.05, 0) is 44.7 Å². The fourth-order valence-corrected chi connectivity index (χ4v) is 2.54. The number of rotatable bonds is 6. The lowest BCUT2D eigenvalue weighted by Gasteiger charge is -2.22. The number of carbonyl (C=O) groups is 2. The average molecular weight is 310 g/mol. The normalized spacial score (nSPS) is 18.6. The minimum Gasteiger partial charge on any atom is -0.481 e. The Morgan fingerprint density at radius 1 is 1.33 bits per heavy atom. The van der Waals surface area contributed by atoms with Crippen LogP contribution in [0.2, 0.25) is 5.02 Å². The van der Waals surface area contributed by atoms with E-state index in [0.29, 0.717) is 11.4 Å². The topological polar surface area (TPSA) is 66.4 Å². The van der Waals surface area contributed by atoms with Gasteiger partial charge in [-0.25, -0.2) is 0 Å². The zero-order chi connectivity index (χ0) is 15.6. The molecule has 0 bridgehead atoms. The highest BCUT2D eigenvalue weighted by molar-refractivity contribution is 6.31. The number of benzene rings is 1. The largest absolute Gasteiger partial charge is 0.481 e. The molecule has 114 valence electrons. The first-order chi connectivity index (χ1) is 9.85. The Morgan fingerprint density at radius 3 is 2.48 bits per heavy atom. The molecule has 4 nitrogen and oxygen atoms in total. The molecule has 0 aliphatic heterocycles. The fourth-order valence-electron chi connectivity index (χ4n) is 2.34. The van der Waals surface area contributed by atoms with Crippen molar-refractivity contribution in [2.75, 3.05) is 0 Å². The molecule has 1 saturated carbocycles. The van der Waals surface area contributed by atoms with Crippen molar-refractivity contribution in [1.82, 2.24) is 5.32 Å². The lowest BCUT2D eigenvalue weighted by Crippen LogP contribution is -2.44. The number of hydrogen-bond donors (Lipinski definition) is 2. The maximum absolute atomic E-state index is 12.4. The monoisotopic (exact) mass is 309 g/mol. The van der Waals surface area contributed by atoms with Gasteiger partial charge in [0.2, 0.25) is 5.91 Å². The summed E-state index contributed by atoms with van der Waals surface area (Å²) < 4.78 is 0. The van der Waals surface area contributed by atoms with Gasteiger partial charge in [0.15, 0.2) is 0 Å². The molecule has 0 heterocycles. The zero-order valence-electron chi connectivity index (χ0n) is 12.2. The maximum atomic E-state index is 12.4. The summed E-state index contributed by atoms with van der Waals surface area (Å²) in [5.74, 6) is -1.58. The third-order valence-electron chi connectivity index (χ3n) is 4.32. The van der Waals surface area contributed by atoms with Gasteiger partial charge in [-0.15, -0.1) is 0 Å². The first-order valence-electron chi connectivity index (χ1n) is 7.13. The molecular weight excluding hydrogens is 290 g/mol. The summed E-state index contributed by atoms with van der Waals surface area (Å²) >= 11 is 6.15. The van der Waals surface area contributed by atoms with Gasteiger partial charge in [-0.1, -0.05) is 29.8 Å². The van der Waals surface area contributed by atoms with Crippen molar-refractivity contribution >= 4 is 23.5 Å². The molecule has 5 heteroatoms. The third-order valence-corrected chi connectivity index (χ3v) is 4.69. The minimum atomic E-state index is -0.904. The lowest BCUT2D eigenvalue weighted by atomic mass is 9.94. The molecule has 0 spiro atoms. The highest BCUT2D eigenvalue weighted by atomic mass is 35.5. The standard InChI is InChI=1S/C16H20ClNO3/c1-10(14(19)20)11(2)18-15(21)16(7-8-16)9-12-5-3-4-6-13(12)17/h3-6,10-11H,7-9H2,1-2H3,(H,18,21)(H,19,20). The van der Waals surface area contributed by atoms with Crippen LogP contribution in [0.3, 0.4) is 0 Å². The SMILES string of the molecule is CC(NC(=O)C1(Cc2ccccc2Cl)CC1)C(C)C(=O)O. The van der Waals surface area contributed by atoms with Crippen molar-refractivity contribution in [2.24, 2.45) is 11.3 Å². The van der Waals surface area contributed by atoms with Crippen LogP contribution in [0.1, 0.15) is 32.3 Å². The molecule has 2 atom stereocenters. The fraction of sp³-hybridized carbons (Fsp3) is 0.500. The highest BCUT2D eigenvalue weighted by Crippen LogP contribution is 2.49. The first-order valence-corrected chi connectivity index (χ1v) is 7.51. The molecule has 1 aliphatic carbocycles.